The molecular formula is C21H18F3N3O2S. The number of halogens is 3. The van der Waals surface area contributed by atoms with Gasteiger partial charge in [-0.25, -0.2) is 4.98 Å². The summed E-state index contributed by atoms with van der Waals surface area (Å²) in [6.45, 7) is 2.03. The van der Waals surface area contributed by atoms with Gasteiger partial charge in [-0.05, 0) is 24.1 Å². The molecule has 1 aromatic heterocycles. The average Bonchev–Trinajstić information content (AvgIpc) is 3.15. The van der Waals surface area contributed by atoms with E-state index >= 15 is 0 Å². The Balaban J connectivity index is 1.78. The van der Waals surface area contributed by atoms with Crippen LogP contribution in [0, 0.1) is 0 Å². The number of thiazole rings is 1. The van der Waals surface area contributed by atoms with E-state index in [1.807, 2.05) is 0 Å². The van der Waals surface area contributed by atoms with Gasteiger partial charge in [0.05, 0.1) is 30.5 Å². The minimum absolute atomic E-state index is 0.0623. The Bertz CT molecular complexity index is 1050. The largest absolute Gasteiger partial charge is 0.466 e. The third kappa shape index (κ3) is 5.44. The van der Waals surface area contributed by atoms with Gasteiger partial charge in [-0.15, -0.1) is 11.3 Å². The van der Waals surface area contributed by atoms with Crippen LogP contribution in [-0.2, 0) is 22.1 Å². The van der Waals surface area contributed by atoms with E-state index in [-0.39, 0.29) is 18.0 Å². The number of esters is 1. The summed E-state index contributed by atoms with van der Waals surface area (Å²) in [5, 5.41) is 6.26. The van der Waals surface area contributed by atoms with E-state index in [0.717, 1.165) is 6.07 Å². The first-order valence-corrected chi connectivity index (χ1v) is 9.91. The Morgan fingerprint density at radius 3 is 2.60 bits per heavy atom. The number of anilines is 1. The number of hydrazone groups is 1. The van der Waals surface area contributed by atoms with Crippen molar-refractivity contribution in [3.8, 4) is 11.1 Å². The predicted molar refractivity (Wildman–Crippen MR) is 111 cm³/mol. The second kappa shape index (κ2) is 9.53. The van der Waals surface area contributed by atoms with Crippen molar-refractivity contribution in [1.82, 2.24) is 4.98 Å². The Hall–Kier alpha value is -3.20. The Morgan fingerprint density at radius 2 is 1.87 bits per heavy atom. The number of hydrogen-bond acceptors (Lipinski definition) is 6. The van der Waals surface area contributed by atoms with Crippen LogP contribution in [0.4, 0.5) is 18.3 Å². The molecular weight excluding hydrogens is 415 g/mol. The van der Waals surface area contributed by atoms with Crippen molar-refractivity contribution in [3.63, 3.8) is 0 Å². The summed E-state index contributed by atoms with van der Waals surface area (Å²) >= 11 is 1.26. The molecule has 0 aliphatic rings. The number of nitrogens with zero attached hydrogens (tertiary/aromatic N) is 2. The Morgan fingerprint density at radius 1 is 1.17 bits per heavy atom. The van der Waals surface area contributed by atoms with E-state index in [1.165, 1.54) is 29.7 Å². The quantitative estimate of drug-likeness (QED) is 0.309. The average molecular weight is 433 g/mol. The summed E-state index contributed by atoms with van der Waals surface area (Å²) in [5.74, 6) is -0.366. The van der Waals surface area contributed by atoms with E-state index in [2.05, 4.69) is 15.5 Å². The molecule has 30 heavy (non-hydrogen) atoms. The fourth-order valence-corrected chi connectivity index (χ4v) is 3.44. The monoisotopic (exact) mass is 433 g/mol. The molecule has 156 valence electrons. The molecule has 0 fully saturated rings. The molecule has 1 N–H and O–H groups in total. The van der Waals surface area contributed by atoms with E-state index in [1.54, 1.807) is 42.6 Å². The number of benzene rings is 2. The van der Waals surface area contributed by atoms with Crippen LogP contribution in [0.1, 0.15) is 23.7 Å². The van der Waals surface area contributed by atoms with Crippen molar-refractivity contribution < 1.29 is 22.7 Å². The minimum atomic E-state index is -4.46. The first kappa shape index (κ1) is 21.5. The van der Waals surface area contributed by atoms with Gasteiger partial charge < -0.3 is 4.74 Å². The topological polar surface area (TPSA) is 63.6 Å². The molecule has 0 radical (unpaired) electrons. The summed E-state index contributed by atoms with van der Waals surface area (Å²) in [4.78, 5) is 15.7. The maximum absolute atomic E-state index is 13.4. The molecule has 0 atom stereocenters. The third-order valence-corrected chi connectivity index (χ3v) is 4.83. The molecule has 0 amide bonds. The van der Waals surface area contributed by atoms with E-state index in [4.69, 9.17) is 4.74 Å². The number of nitrogens with one attached hydrogen (secondary N) is 1. The van der Waals surface area contributed by atoms with Gasteiger partial charge in [-0.1, -0.05) is 42.5 Å². The summed E-state index contributed by atoms with van der Waals surface area (Å²) in [6.07, 6.45) is -2.96. The van der Waals surface area contributed by atoms with Crippen LogP contribution >= 0.6 is 11.3 Å². The lowest BCUT2D eigenvalue weighted by Gasteiger charge is -2.14. The highest BCUT2D eigenvalue weighted by atomic mass is 32.1. The standard InChI is InChI=1S/C21H18F3N3O2S/c1-2-29-19(28)11-15-13-30-20(26-15)27-25-12-14-7-3-4-8-16(14)17-9-5-6-10-18(17)21(22,23)24/h3-10,12-13H,2,11H2,1H3,(H,26,27). The molecule has 9 heteroatoms. The first-order chi connectivity index (χ1) is 14.4. The molecule has 3 aromatic rings. The van der Waals surface area contributed by atoms with E-state index < -0.39 is 11.7 Å². The van der Waals surface area contributed by atoms with Gasteiger partial charge in [0.2, 0.25) is 5.13 Å². The zero-order valence-electron chi connectivity index (χ0n) is 15.9. The normalized spacial score (nSPS) is 11.6. The van der Waals surface area contributed by atoms with Crippen molar-refractivity contribution in [2.24, 2.45) is 5.10 Å². The molecule has 3 rings (SSSR count). The van der Waals surface area contributed by atoms with E-state index in [9.17, 15) is 18.0 Å². The van der Waals surface area contributed by atoms with Crippen molar-refractivity contribution in [2.75, 3.05) is 12.0 Å². The summed E-state index contributed by atoms with van der Waals surface area (Å²) in [7, 11) is 0. The highest BCUT2D eigenvalue weighted by molar-refractivity contribution is 7.13. The molecule has 0 aliphatic heterocycles. The lowest BCUT2D eigenvalue weighted by atomic mass is 9.95. The highest BCUT2D eigenvalue weighted by Crippen LogP contribution is 2.37. The number of carbonyl (C=O) groups excluding carboxylic acids is 1. The summed E-state index contributed by atoms with van der Waals surface area (Å²) in [6, 6.07) is 12.1. The Kier molecular flexibility index (Phi) is 6.83. The molecule has 0 spiro atoms. The molecule has 0 unspecified atom stereocenters. The van der Waals surface area contributed by atoms with Gasteiger partial charge in [0, 0.05) is 10.9 Å². The third-order valence-electron chi connectivity index (χ3n) is 4.03. The van der Waals surface area contributed by atoms with Crippen LogP contribution in [0.5, 0.6) is 0 Å². The van der Waals surface area contributed by atoms with Gasteiger partial charge in [0.1, 0.15) is 0 Å². The van der Waals surface area contributed by atoms with Crippen molar-refractivity contribution in [2.45, 2.75) is 19.5 Å². The molecule has 0 bridgehead atoms. The molecule has 2 aromatic carbocycles. The summed E-state index contributed by atoms with van der Waals surface area (Å²) < 4.78 is 45.1. The maximum Gasteiger partial charge on any atom is 0.417 e. The molecule has 0 aliphatic carbocycles. The number of hydrogen-bond donors (Lipinski definition) is 1. The fraction of sp³-hybridized carbons (Fsp3) is 0.190. The van der Waals surface area contributed by atoms with Crippen LogP contribution in [-0.4, -0.2) is 23.8 Å². The van der Waals surface area contributed by atoms with Crippen LogP contribution in [0.15, 0.2) is 59.0 Å². The van der Waals surface area contributed by atoms with Gasteiger partial charge in [0.25, 0.3) is 0 Å². The van der Waals surface area contributed by atoms with Crippen molar-refractivity contribution in [1.29, 1.82) is 0 Å². The number of rotatable bonds is 7. The molecule has 0 saturated heterocycles. The zero-order valence-corrected chi connectivity index (χ0v) is 16.8. The van der Waals surface area contributed by atoms with Crippen molar-refractivity contribution in [3.05, 3.63) is 70.7 Å². The van der Waals surface area contributed by atoms with Gasteiger partial charge in [-0.2, -0.15) is 18.3 Å². The smallest absolute Gasteiger partial charge is 0.417 e. The second-order valence-electron chi connectivity index (χ2n) is 6.13. The zero-order chi connectivity index (χ0) is 21.6. The van der Waals surface area contributed by atoms with Crippen LogP contribution in [0.25, 0.3) is 11.1 Å². The minimum Gasteiger partial charge on any atom is -0.466 e. The number of alkyl halides is 3. The van der Waals surface area contributed by atoms with Crippen LogP contribution in [0.2, 0.25) is 0 Å². The van der Waals surface area contributed by atoms with Crippen molar-refractivity contribution >= 4 is 28.7 Å². The highest BCUT2D eigenvalue weighted by Gasteiger charge is 2.33. The predicted octanol–water partition coefficient (Wildman–Crippen LogP) is 5.38. The molecule has 0 saturated carbocycles. The van der Waals surface area contributed by atoms with E-state index in [0.29, 0.717) is 28.6 Å². The van der Waals surface area contributed by atoms with Gasteiger partial charge in [0.15, 0.2) is 0 Å². The number of aromatic nitrogens is 1. The Labute approximate surface area is 175 Å². The first-order valence-electron chi connectivity index (χ1n) is 9.03. The second-order valence-corrected chi connectivity index (χ2v) is 6.98. The van der Waals surface area contributed by atoms with Crippen LogP contribution in [0.3, 0.4) is 0 Å². The van der Waals surface area contributed by atoms with Gasteiger partial charge >= 0.3 is 12.1 Å². The molecule has 5 nitrogen and oxygen atoms in total. The number of ether oxygens (including phenoxy) is 1. The molecule has 1 heterocycles. The fourth-order valence-electron chi connectivity index (χ4n) is 2.78. The van der Waals surface area contributed by atoms with Crippen LogP contribution < -0.4 is 5.43 Å². The summed E-state index contributed by atoms with van der Waals surface area (Å²) in [5.41, 5.74) is 3.61. The van der Waals surface area contributed by atoms with Gasteiger partial charge in [-0.3, -0.25) is 10.2 Å². The maximum atomic E-state index is 13.4. The SMILES string of the molecule is CCOC(=O)Cc1csc(NN=Cc2ccccc2-c2ccccc2C(F)(F)F)n1. The number of carbonyl (C=O) groups is 1. The lowest BCUT2D eigenvalue weighted by molar-refractivity contribution is -0.142. The lowest BCUT2D eigenvalue weighted by Crippen LogP contribution is -2.07.